The predicted molar refractivity (Wildman–Crippen MR) is 101 cm³/mol. The molecule has 1 unspecified atom stereocenters. The van der Waals surface area contributed by atoms with Crippen LogP contribution in [0.2, 0.25) is 0 Å². The number of nitrogens with one attached hydrogen (secondary N) is 3. The molecule has 3 N–H and O–H groups in total. The minimum atomic E-state index is -0.0694. The van der Waals surface area contributed by atoms with E-state index in [4.69, 9.17) is 0 Å². The Morgan fingerprint density at radius 2 is 1.96 bits per heavy atom. The quantitative estimate of drug-likeness (QED) is 0.782. The molecule has 0 bridgehead atoms. The Morgan fingerprint density at radius 3 is 2.68 bits per heavy atom. The molecule has 1 aliphatic carbocycles. The topological polar surface area (TPSA) is 78.9 Å². The Morgan fingerprint density at radius 1 is 1.16 bits per heavy atom. The summed E-state index contributed by atoms with van der Waals surface area (Å²) >= 11 is 0. The molecule has 136 valence electrons. The molecule has 0 radical (unpaired) electrons. The number of carbonyl (C=O) groups is 1. The molecule has 4 rings (SSSR count). The van der Waals surface area contributed by atoms with Crippen LogP contribution in [0.4, 0.5) is 0 Å². The number of H-pyrrole nitrogens is 1. The number of piperidine rings is 1. The third-order valence-electron chi connectivity index (χ3n) is 5.30. The first-order chi connectivity index (χ1) is 11.7. The summed E-state index contributed by atoms with van der Waals surface area (Å²) in [5.41, 5.74) is 2.20. The SMILES string of the molecule is Cl.O=C(NC1CCCNC1)c1ccc2c(c1)[nH]c(=O)n2C1CCCC1. The number of aromatic amines is 1. The van der Waals surface area contributed by atoms with Crippen LogP contribution in [0.5, 0.6) is 0 Å². The molecule has 6 nitrogen and oxygen atoms in total. The summed E-state index contributed by atoms with van der Waals surface area (Å²) in [6, 6.07) is 6.00. The van der Waals surface area contributed by atoms with Crippen LogP contribution in [0.25, 0.3) is 11.0 Å². The molecule has 25 heavy (non-hydrogen) atoms. The number of imidazole rings is 1. The number of nitrogens with zero attached hydrogens (tertiary/aromatic N) is 1. The van der Waals surface area contributed by atoms with E-state index in [-0.39, 0.29) is 30.0 Å². The summed E-state index contributed by atoms with van der Waals surface area (Å²) in [5.74, 6) is -0.0694. The first kappa shape index (κ1) is 18.0. The summed E-state index contributed by atoms with van der Waals surface area (Å²) in [6.07, 6.45) is 6.57. The summed E-state index contributed by atoms with van der Waals surface area (Å²) in [6.45, 7) is 1.84. The fourth-order valence-corrected chi connectivity index (χ4v) is 4.04. The molecule has 1 aromatic heterocycles. The molecule has 1 amide bonds. The number of aromatic nitrogens is 2. The van der Waals surface area contributed by atoms with Crippen molar-refractivity contribution in [1.29, 1.82) is 0 Å². The van der Waals surface area contributed by atoms with Crippen molar-refractivity contribution in [3.05, 3.63) is 34.2 Å². The van der Waals surface area contributed by atoms with Gasteiger partial charge in [-0.15, -0.1) is 12.4 Å². The van der Waals surface area contributed by atoms with Crippen molar-refractivity contribution >= 4 is 29.3 Å². The number of rotatable bonds is 3. The van der Waals surface area contributed by atoms with Gasteiger partial charge in [0.05, 0.1) is 11.0 Å². The number of carbonyl (C=O) groups excluding carboxylic acids is 1. The van der Waals surface area contributed by atoms with E-state index in [1.54, 1.807) is 6.07 Å². The van der Waals surface area contributed by atoms with Crippen molar-refractivity contribution in [3.63, 3.8) is 0 Å². The maximum atomic E-state index is 12.5. The molecular weight excluding hydrogens is 340 g/mol. The number of halogens is 1. The van der Waals surface area contributed by atoms with Crippen molar-refractivity contribution in [1.82, 2.24) is 20.2 Å². The Kier molecular flexibility index (Phi) is 5.49. The highest BCUT2D eigenvalue weighted by Crippen LogP contribution is 2.30. The molecule has 2 heterocycles. The van der Waals surface area contributed by atoms with Gasteiger partial charge in [0, 0.05) is 24.2 Å². The molecule has 1 aromatic carbocycles. The molecule has 1 aliphatic heterocycles. The highest BCUT2D eigenvalue weighted by Gasteiger charge is 2.22. The van der Waals surface area contributed by atoms with Crippen LogP contribution in [0, 0.1) is 0 Å². The van der Waals surface area contributed by atoms with Crippen LogP contribution in [-0.4, -0.2) is 34.6 Å². The monoisotopic (exact) mass is 364 g/mol. The van der Waals surface area contributed by atoms with Crippen LogP contribution in [0.3, 0.4) is 0 Å². The zero-order valence-electron chi connectivity index (χ0n) is 14.2. The lowest BCUT2D eigenvalue weighted by Crippen LogP contribution is -2.45. The maximum Gasteiger partial charge on any atom is 0.326 e. The van der Waals surface area contributed by atoms with E-state index in [1.807, 2.05) is 16.7 Å². The number of amides is 1. The zero-order chi connectivity index (χ0) is 16.5. The molecular formula is C18H25ClN4O2. The minimum absolute atomic E-state index is 0. The lowest BCUT2D eigenvalue weighted by Gasteiger charge is -2.23. The number of hydrogen-bond acceptors (Lipinski definition) is 3. The van der Waals surface area contributed by atoms with Gasteiger partial charge in [0.2, 0.25) is 0 Å². The van der Waals surface area contributed by atoms with Gasteiger partial charge < -0.3 is 15.6 Å². The normalized spacial score (nSPS) is 21.2. The van der Waals surface area contributed by atoms with Crippen LogP contribution in [0.15, 0.2) is 23.0 Å². The van der Waals surface area contributed by atoms with Gasteiger partial charge in [-0.2, -0.15) is 0 Å². The molecule has 2 fully saturated rings. The molecule has 1 saturated carbocycles. The Bertz CT molecular complexity index is 801. The maximum absolute atomic E-state index is 12.5. The second-order valence-corrected chi connectivity index (χ2v) is 6.99. The fourth-order valence-electron chi connectivity index (χ4n) is 4.04. The van der Waals surface area contributed by atoms with Gasteiger partial charge in [0.25, 0.3) is 5.91 Å². The third kappa shape index (κ3) is 3.60. The van der Waals surface area contributed by atoms with E-state index < -0.39 is 0 Å². The van der Waals surface area contributed by atoms with E-state index in [0.29, 0.717) is 11.6 Å². The van der Waals surface area contributed by atoms with E-state index in [1.165, 1.54) is 12.8 Å². The van der Waals surface area contributed by atoms with Crippen molar-refractivity contribution in [2.75, 3.05) is 13.1 Å². The van der Waals surface area contributed by atoms with E-state index in [0.717, 1.165) is 49.8 Å². The lowest BCUT2D eigenvalue weighted by atomic mass is 10.1. The van der Waals surface area contributed by atoms with Gasteiger partial charge in [0.1, 0.15) is 0 Å². The first-order valence-corrected chi connectivity index (χ1v) is 8.98. The second-order valence-electron chi connectivity index (χ2n) is 6.99. The van der Waals surface area contributed by atoms with Gasteiger partial charge in [-0.25, -0.2) is 4.79 Å². The van der Waals surface area contributed by atoms with Crippen LogP contribution >= 0.6 is 12.4 Å². The van der Waals surface area contributed by atoms with Gasteiger partial charge >= 0.3 is 5.69 Å². The predicted octanol–water partition coefficient (Wildman–Crippen LogP) is 2.35. The molecule has 2 aliphatic rings. The van der Waals surface area contributed by atoms with Crippen LogP contribution in [0.1, 0.15) is 54.9 Å². The van der Waals surface area contributed by atoms with Gasteiger partial charge in [-0.1, -0.05) is 12.8 Å². The molecule has 1 saturated heterocycles. The number of benzene rings is 1. The van der Waals surface area contributed by atoms with E-state index >= 15 is 0 Å². The largest absolute Gasteiger partial charge is 0.348 e. The third-order valence-corrected chi connectivity index (χ3v) is 5.30. The highest BCUT2D eigenvalue weighted by molar-refractivity contribution is 5.97. The van der Waals surface area contributed by atoms with E-state index in [2.05, 4.69) is 15.6 Å². The van der Waals surface area contributed by atoms with Crippen LogP contribution < -0.4 is 16.3 Å². The number of fused-ring (bicyclic) bond motifs is 1. The summed E-state index contributed by atoms with van der Waals surface area (Å²) in [5, 5.41) is 6.37. The Balaban J connectivity index is 0.00000182. The van der Waals surface area contributed by atoms with Gasteiger partial charge in [-0.3, -0.25) is 9.36 Å². The van der Waals surface area contributed by atoms with Crippen molar-refractivity contribution in [2.24, 2.45) is 0 Å². The lowest BCUT2D eigenvalue weighted by molar-refractivity contribution is 0.0931. The average molecular weight is 365 g/mol. The second kappa shape index (κ2) is 7.62. The van der Waals surface area contributed by atoms with Gasteiger partial charge in [-0.05, 0) is 50.4 Å². The zero-order valence-corrected chi connectivity index (χ0v) is 15.0. The van der Waals surface area contributed by atoms with Crippen molar-refractivity contribution < 1.29 is 4.79 Å². The van der Waals surface area contributed by atoms with E-state index in [9.17, 15) is 9.59 Å². The van der Waals surface area contributed by atoms with Crippen molar-refractivity contribution in [2.45, 2.75) is 50.6 Å². The fraction of sp³-hybridized carbons (Fsp3) is 0.556. The molecule has 7 heteroatoms. The standard InChI is InChI=1S/C18H24N4O2.ClH/c23-17(20-13-4-3-9-19-11-13)12-7-8-16-15(10-12)21-18(24)22(16)14-5-1-2-6-14;/h7-8,10,13-14,19H,1-6,9,11H2,(H,20,23)(H,21,24);1H. The molecule has 1 atom stereocenters. The number of hydrogen-bond donors (Lipinski definition) is 3. The van der Waals surface area contributed by atoms with Crippen LogP contribution in [-0.2, 0) is 0 Å². The summed E-state index contributed by atoms with van der Waals surface area (Å²) in [7, 11) is 0. The summed E-state index contributed by atoms with van der Waals surface area (Å²) in [4.78, 5) is 27.7. The highest BCUT2D eigenvalue weighted by atomic mass is 35.5. The Hall–Kier alpha value is -1.79. The van der Waals surface area contributed by atoms with Crippen molar-refractivity contribution in [3.8, 4) is 0 Å². The smallest absolute Gasteiger partial charge is 0.326 e. The molecule has 0 spiro atoms. The molecule has 2 aromatic rings. The van der Waals surface area contributed by atoms with Gasteiger partial charge in [0.15, 0.2) is 0 Å². The minimum Gasteiger partial charge on any atom is -0.348 e. The summed E-state index contributed by atoms with van der Waals surface area (Å²) < 4.78 is 1.87. The average Bonchev–Trinajstić information content (AvgIpc) is 3.21. The first-order valence-electron chi connectivity index (χ1n) is 8.98. The Labute approximate surface area is 152 Å².